The lowest BCUT2D eigenvalue weighted by Gasteiger charge is -2.32. The first kappa shape index (κ1) is 16.0. The Hall–Kier alpha value is -1.39. The standard InChI is InChI=1S/C17H26N2O2/c1-19-17(16(18)20,14-9-5-4-6-10-14)13-21-15-11-7-2-3-8-12-15/h4-6,9-10,15,19H,2-3,7-8,11-13H2,1H3,(H2,18,20). The minimum Gasteiger partial charge on any atom is -0.375 e. The fourth-order valence-corrected chi connectivity index (χ4v) is 3.01. The van der Waals surface area contributed by atoms with E-state index in [9.17, 15) is 4.79 Å². The largest absolute Gasteiger partial charge is 0.375 e. The molecule has 1 amide bonds. The summed E-state index contributed by atoms with van der Waals surface area (Å²) in [5, 5.41) is 3.09. The molecule has 2 rings (SSSR count). The third-order valence-corrected chi connectivity index (χ3v) is 4.45. The zero-order chi connectivity index (χ0) is 15.1. The lowest BCUT2D eigenvalue weighted by Crippen LogP contribution is -2.55. The highest BCUT2D eigenvalue weighted by Gasteiger charge is 2.38. The van der Waals surface area contributed by atoms with Crippen LogP contribution in [0.4, 0.5) is 0 Å². The van der Waals surface area contributed by atoms with Crippen LogP contribution in [-0.2, 0) is 15.1 Å². The van der Waals surface area contributed by atoms with E-state index in [0.717, 1.165) is 18.4 Å². The molecule has 1 aliphatic carbocycles. The number of ether oxygens (including phenoxy) is 1. The van der Waals surface area contributed by atoms with Crippen LogP contribution in [0.5, 0.6) is 0 Å². The number of carbonyl (C=O) groups excluding carboxylic acids is 1. The molecular weight excluding hydrogens is 264 g/mol. The molecule has 1 aromatic rings. The minimum absolute atomic E-state index is 0.239. The molecule has 4 heteroatoms. The molecule has 21 heavy (non-hydrogen) atoms. The van der Waals surface area contributed by atoms with Crippen LogP contribution in [-0.4, -0.2) is 25.7 Å². The van der Waals surface area contributed by atoms with Crippen LogP contribution in [0.15, 0.2) is 30.3 Å². The van der Waals surface area contributed by atoms with Gasteiger partial charge in [0.2, 0.25) is 5.91 Å². The van der Waals surface area contributed by atoms with Crippen molar-refractivity contribution >= 4 is 5.91 Å². The number of rotatable bonds is 6. The monoisotopic (exact) mass is 290 g/mol. The molecule has 0 bridgehead atoms. The van der Waals surface area contributed by atoms with E-state index in [2.05, 4.69) is 5.32 Å². The number of carbonyl (C=O) groups is 1. The maximum Gasteiger partial charge on any atom is 0.244 e. The van der Waals surface area contributed by atoms with Crippen LogP contribution in [0, 0.1) is 0 Å². The highest BCUT2D eigenvalue weighted by molar-refractivity contribution is 5.86. The SMILES string of the molecule is CNC(COC1CCCCCC1)(C(N)=O)c1ccccc1. The van der Waals surface area contributed by atoms with Gasteiger partial charge < -0.3 is 15.8 Å². The summed E-state index contributed by atoms with van der Waals surface area (Å²) in [6.07, 6.45) is 7.37. The molecule has 1 aromatic carbocycles. The molecule has 1 atom stereocenters. The van der Waals surface area contributed by atoms with Crippen LogP contribution >= 0.6 is 0 Å². The van der Waals surface area contributed by atoms with Crippen molar-refractivity contribution in [3.8, 4) is 0 Å². The Balaban J connectivity index is 2.11. The van der Waals surface area contributed by atoms with E-state index in [1.807, 2.05) is 30.3 Å². The molecule has 3 N–H and O–H groups in total. The van der Waals surface area contributed by atoms with Gasteiger partial charge in [-0.15, -0.1) is 0 Å². The number of hydrogen-bond acceptors (Lipinski definition) is 3. The zero-order valence-electron chi connectivity index (χ0n) is 12.8. The van der Waals surface area contributed by atoms with Gasteiger partial charge in [-0.25, -0.2) is 0 Å². The van der Waals surface area contributed by atoms with E-state index in [1.54, 1.807) is 7.05 Å². The summed E-state index contributed by atoms with van der Waals surface area (Å²) in [7, 11) is 1.76. The Morgan fingerprint density at radius 2 is 1.86 bits per heavy atom. The van der Waals surface area contributed by atoms with Crippen molar-refractivity contribution in [3.63, 3.8) is 0 Å². The zero-order valence-corrected chi connectivity index (χ0v) is 12.8. The highest BCUT2D eigenvalue weighted by Crippen LogP contribution is 2.25. The smallest absolute Gasteiger partial charge is 0.244 e. The number of hydrogen-bond donors (Lipinski definition) is 2. The van der Waals surface area contributed by atoms with E-state index >= 15 is 0 Å². The van der Waals surface area contributed by atoms with Gasteiger partial charge in [-0.3, -0.25) is 4.79 Å². The van der Waals surface area contributed by atoms with Crippen LogP contribution in [0.1, 0.15) is 44.1 Å². The van der Waals surface area contributed by atoms with Gasteiger partial charge in [0.25, 0.3) is 0 Å². The molecular formula is C17H26N2O2. The van der Waals surface area contributed by atoms with Crippen molar-refractivity contribution in [2.45, 2.75) is 50.2 Å². The minimum atomic E-state index is -0.951. The summed E-state index contributed by atoms with van der Waals surface area (Å²) in [6, 6.07) is 9.58. The normalized spacial score (nSPS) is 19.7. The van der Waals surface area contributed by atoms with Gasteiger partial charge in [-0.1, -0.05) is 56.0 Å². The second-order valence-corrected chi connectivity index (χ2v) is 5.81. The van der Waals surface area contributed by atoms with E-state index in [0.29, 0.717) is 0 Å². The predicted octanol–water partition coefficient (Wildman–Crippen LogP) is 2.33. The first-order chi connectivity index (χ1) is 10.2. The molecule has 116 valence electrons. The Kier molecular flexibility index (Phi) is 5.76. The van der Waals surface area contributed by atoms with Crippen molar-refractivity contribution in [1.29, 1.82) is 0 Å². The molecule has 1 aliphatic rings. The number of primary amides is 1. The van der Waals surface area contributed by atoms with E-state index in [-0.39, 0.29) is 12.7 Å². The Bertz CT molecular complexity index is 441. The predicted molar refractivity (Wildman–Crippen MR) is 83.8 cm³/mol. The Labute approximate surface area is 127 Å². The van der Waals surface area contributed by atoms with Crippen molar-refractivity contribution in [2.24, 2.45) is 5.73 Å². The third-order valence-electron chi connectivity index (χ3n) is 4.45. The number of benzene rings is 1. The summed E-state index contributed by atoms with van der Waals surface area (Å²) >= 11 is 0. The number of likely N-dealkylation sites (N-methyl/N-ethyl adjacent to an activating group) is 1. The second kappa shape index (κ2) is 7.57. The average Bonchev–Trinajstić information content (AvgIpc) is 2.78. The quantitative estimate of drug-likeness (QED) is 0.790. The Morgan fingerprint density at radius 1 is 1.24 bits per heavy atom. The lowest BCUT2D eigenvalue weighted by atomic mass is 9.90. The molecule has 0 aromatic heterocycles. The van der Waals surface area contributed by atoms with Gasteiger partial charge in [-0.2, -0.15) is 0 Å². The molecule has 0 heterocycles. The molecule has 4 nitrogen and oxygen atoms in total. The fourth-order valence-electron chi connectivity index (χ4n) is 3.01. The number of nitrogens with two attached hydrogens (primary N) is 1. The molecule has 1 saturated carbocycles. The van der Waals surface area contributed by atoms with Crippen molar-refractivity contribution in [3.05, 3.63) is 35.9 Å². The van der Waals surface area contributed by atoms with Crippen LogP contribution < -0.4 is 11.1 Å². The van der Waals surface area contributed by atoms with Crippen molar-refractivity contribution in [1.82, 2.24) is 5.32 Å². The van der Waals surface area contributed by atoms with E-state index < -0.39 is 11.4 Å². The number of nitrogens with one attached hydrogen (secondary N) is 1. The van der Waals surface area contributed by atoms with Gasteiger partial charge in [0, 0.05) is 0 Å². The summed E-state index contributed by atoms with van der Waals surface area (Å²) in [4.78, 5) is 12.1. The average molecular weight is 290 g/mol. The van der Waals surface area contributed by atoms with Crippen molar-refractivity contribution in [2.75, 3.05) is 13.7 Å². The molecule has 1 fully saturated rings. The molecule has 0 saturated heterocycles. The van der Waals surface area contributed by atoms with Gasteiger partial charge >= 0.3 is 0 Å². The maximum atomic E-state index is 12.1. The van der Waals surface area contributed by atoms with Crippen LogP contribution in [0.2, 0.25) is 0 Å². The molecule has 0 spiro atoms. The third kappa shape index (κ3) is 3.83. The maximum absolute atomic E-state index is 12.1. The molecule has 0 aliphatic heterocycles. The van der Waals surface area contributed by atoms with Gasteiger partial charge in [0.1, 0.15) is 5.54 Å². The summed E-state index contributed by atoms with van der Waals surface area (Å²) in [5.41, 5.74) is 5.58. The molecule has 0 radical (unpaired) electrons. The fraction of sp³-hybridized carbons (Fsp3) is 0.588. The molecule has 1 unspecified atom stereocenters. The van der Waals surface area contributed by atoms with Crippen LogP contribution in [0.3, 0.4) is 0 Å². The lowest BCUT2D eigenvalue weighted by molar-refractivity contribution is -0.128. The van der Waals surface area contributed by atoms with E-state index in [4.69, 9.17) is 10.5 Å². The number of amides is 1. The van der Waals surface area contributed by atoms with Crippen molar-refractivity contribution < 1.29 is 9.53 Å². The first-order valence-corrected chi connectivity index (χ1v) is 7.85. The topological polar surface area (TPSA) is 64.3 Å². The summed E-state index contributed by atoms with van der Waals surface area (Å²) in [5.74, 6) is -0.398. The highest BCUT2D eigenvalue weighted by atomic mass is 16.5. The van der Waals surface area contributed by atoms with Gasteiger partial charge in [0.05, 0.1) is 12.7 Å². The first-order valence-electron chi connectivity index (χ1n) is 7.85. The van der Waals surface area contributed by atoms with E-state index in [1.165, 1.54) is 25.7 Å². The summed E-state index contributed by atoms with van der Waals surface area (Å²) < 4.78 is 6.07. The van der Waals surface area contributed by atoms with Gasteiger partial charge in [-0.05, 0) is 25.5 Å². The summed E-state index contributed by atoms with van der Waals surface area (Å²) in [6.45, 7) is 0.285. The second-order valence-electron chi connectivity index (χ2n) is 5.81. The van der Waals surface area contributed by atoms with Crippen LogP contribution in [0.25, 0.3) is 0 Å². The van der Waals surface area contributed by atoms with Gasteiger partial charge in [0.15, 0.2) is 0 Å². The Morgan fingerprint density at radius 3 is 2.38 bits per heavy atom.